The van der Waals surface area contributed by atoms with Gasteiger partial charge in [0.05, 0.1) is 18.8 Å². The van der Waals surface area contributed by atoms with Crippen molar-refractivity contribution >= 4 is 5.91 Å². The van der Waals surface area contributed by atoms with E-state index in [-0.39, 0.29) is 12.5 Å². The molecule has 4 N–H and O–H groups in total. The topological polar surface area (TPSA) is 89.8 Å². The molecule has 1 amide bonds. The quantitative estimate of drug-likeness (QED) is 0.0449. The molecule has 0 spiro atoms. The summed E-state index contributed by atoms with van der Waals surface area (Å²) in [6, 6.07) is -0.818. The minimum Gasteiger partial charge on any atom is -0.394 e. The van der Waals surface area contributed by atoms with Gasteiger partial charge in [0.25, 0.3) is 0 Å². The maximum absolute atomic E-state index is 12.3. The number of nitrogens with one attached hydrogen (secondary N) is 1. The largest absolute Gasteiger partial charge is 0.394 e. The molecule has 0 rings (SSSR count). The van der Waals surface area contributed by atoms with Crippen molar-refractivity contribution in [2.24, 2.45) is 0 Å². The van der Waals surface area contributed by atoms with Gasteiger partial charge in [-0.1, -0.05) is 161 Å². The van der Waals surface area contributed by atoms with Gasteiger partial charge in [-0.15, -0.1) is 0 Å². The fraction of sp³-hybridized carbons (Fsp3) is 0.919. The molecular formula is C37H73NO4. The number of aliphatic hydroxyl groups excluding tert-OH is 3. The number of amides is 1. The average Bonchev–Trinajstić information content (AvgIpc) is 2.99. The summed E-state index contributed by atoms with van der Waals surface area (Å²) in [6.45, 7) is 4.15. The number of hydrogen-bond donors (Lipinski definition) is 4. The van der Waals surface area contributed by atoms with Crippen LogP contribution >= 0.6 is 0 Å². The molecule has 0 heterocycles. The van der Waals surface area contributed by atoms with Crippen LogP contribution in [0.2, 0.25) is 0 Å². The van der Waals surface area contributed by atoms with E-state index in [2.05, 4.69) is 31.3 Å². The minimum atomic E-state index is -1.15. The summed E-state index contributed by atoms with van der Waals surface area (Å²) in [6.07, 6.45) is 35.9. The molecule has 0 aliphatic carbocycles. The van der Waals surface area contributed by atoms with Gasteiger partial charge in [0.1, 0.15) is 6.10 Å². The number of aliphatic hydroxyl groups is 3. The first-order valence-electron chi connectivity index (χ1n) is 18.5. The van der Waals surface area contributed by atoms with Gasteiger partial charge in [0.2, 0.25) is 5.91 Å². The predicted octanol–water partition coefficient (Wildman–Crippen LogP) is 9.70. The van der Waals surface area contributed by atoms with E-state index >= 15 is 0 Å². The number of carbonyl (C=O) groups is 1. The highest BCUT2D eigenvalue weighted by Crippen LogP contribution is 2.15. The van der Waals surface area contributed by atoms with E-state index in [0.717, 1.165) is 38.5 Å². The smallest absolute Gasteiger partial charge is 0.220 e. The van der Waals surface area contributed by atoms with E-state index in [1.54, 1.807) is 0 Å². The molecule has 5 nitrogen and oxygen atoms in total. The second kappa shape index (κ2) is 33.0. The summed E-state index contributed by atoms with van der Waals surface area (Å²) >= 11 is 0. The molecule has 0 saturated carbocycles. The van der Waals surface area contributed by atoms with Gasteiger partial charge in [-0.05, 0) is 38.5 Å². The number of carbonyl (C=O) groups excluding carboxylic acids is 1. The van der Waals surface area contributed by atoms with Crippen LogP contribution in [0.5, 0.6) is 0 Å². The van der Waals surface area contributed by atoms with E-state index in [4.69, 9.17) is 0 Å². The van der Waals surface area contributed by atoms with Crippen LogP contribution < -0.4 is 5.32 Å². The van der Waals surface area contributed by atoms with Gasteiger partial charge in [-0.25, -0.2) is 0 Å². The lowest BCUT2D eigenvalue weighted by molar-refractivity contribution is -0.124. The Morgan fingerprint density at radius 3 is 1.38 bits per heavy atom. The maximum Gasteiger partial charge on any atom is 0.220 e. The summed E-state index contributed by atoms with van der Waals surface area (Å²) in [4.78, 5) is 12.3. The molecule has 0 saturated heterocycles. The molecule has 0 aromatic carbocycles. The Hall–Kier alpha value is -0.910. The van der Waals surface area contributed by atoms with E-state index in [1.807, 2.05) is 0 Å². The second-order valence-corrected chi connectivity index (χ2v) is 12.8. The Morgan fingerprint density at radius 1 is 0.571 bits per heavy atom. The lowest BCUT2D eigenvalue weighted by atomic mass is 10.0. The van der Waals surface area contributed by atoms with Gasteiger partial charge in [-0.3, -0.25) is 4.79 Å². The Morgan fingerprint density at radius 2 is 0.952 bits per heavy atom. The number of unbranched alkanes of at least 4 members (excludes halogenated alkanes) is 23. The average molecular weight is 596 g/mol. The van der Waals surface area contributed by atoms with Gasteiger partial charge >= 0.3 is 0 Å². The van der Waals surface area contributed by atoms with Gasteiger partial charge < -0.3 is 20.6 Å². The minimum absolute atomic E-state index is 0.154. The Bertz CT molecular complexity index is 582. The van der Waals surface area contributed by atoms with Crippen molar-refractivity contribution in [1.29, 1.82) is 0 Å². The zero-order chi connectivity index (χ0) is 30.9. The standard InChI is InChI=1S/C37H73NO4/c1-3-5-7-9-11-13-15-17-18-20-22-24-26-28-30-32-36(41)38-34(33-39)37(42)35(40)31-29-27-25-23-21-19-16-14-12-10-8-6-4-2/h23,25,34-35,37,39-40,42H,3-22,24,26-33H2,1-2H3,(H,38,41)/b25-23+. The number of hydrogen-bond acceptors (Lipinski definition) is 4. The molecule has 5 heteroatoms. The van der Waals surface area contributed by atoms with E-state index in [9.17, 15) is 20.1 Å². The molecule has 0 aromatic rings. The molecule has 3 unspecified atom stereocenters. The first-order valence-corrected chi connectivity index (χ1v) is 18.5. The Kier molecular flexibility index (Phi) is 32.3. The van der Waals surface area contributed by atoms with Crippen LogP contribution in [0.3, 0.4) is 0 Å². The number of allylic oxidation sites excluding steroid dienone is 2. The van der Waals surface area contributed by atoms with Crippen LogP contribution in [0.1, 0.15) is 194 Å². The van der Waals surface area contributed by atoms with Gasteiger partial charge in [-0.2, -0.15) is 0 Å². The lowest BCUT2D eigenvalue weighted by Gasteiger charge is -2.26. The van der Waals surface area contributed by atoms with Crippen LogP contribution in [0.4, 0.5) is 0 Å². The molecule has 3 atom stereocenters. The fourth-order valence-corrected chi connectivity index (χ4v) is 5.69. The van der Waals surface area contributed by atoms with Crippen molar-refractivity contribution < 1.29 is 20.1 Å². The molecule has 0 aliphatic heterocycles. The Balaban J connectivity index is 3.71. The third-order valence-corrected chi connectivity index (χ3v) is 8.62. The second-order valence-electron chi connectivity index (χ2n) is 12.8. The molecule has 0 aromatic heterocycles. The van der Waals surface area contributed by atoms with E-state index < -0.39 is 18.2 Å². The fourth-order valence-electron chi connectivity index (χ4n) is 5.69. The Labute approximate surface area is 261 Å². The molecule has 0 radical (unpaired) electrons. The predicted molar refractivity (Wildman–Crippen MR) is 181 cm³/mol. The highest BCUT2D eigenvalue weighted by atomic mass is 16.3. The summed E-state index contributed by atoms with van der Waals surface area (Å²) < 4.78 is 0. The van der Waals surface area contributed by atoms with Crippen molar-refractivity contribution in [3.8, 4) is 0 Å². The molecule has 0 fully saturated rings. The van der Waals surface area contributed by atoms with E-state index in [1.165, 1.54) is 128 Å². The molecular weight excluding hydrogens is 522 g/mol. The molecule has 0 bridgehead atoms. The molecule has 42 heavy (non-hydrogen) atoms. The third-order valence-electron chi connectivity index (χ3n) is 8.62. The van der Waals surface area contributed by atoms with Crippen molar-refractivity contribution in [1.82, 2.24) is 5.32 Å². The van der Waals surface area contributed by atoms with Crippen molar-refractivity contribution in [2.45, 2.75) is 212 Å². The van der Waals surface area contributed by atoms with Crippen molar-refractivity contribution in [2.75, 3.05) is 6.61 Å². The van der Waals surface area contributed by atoms with Gasteiger partial charge in [0, 0.05) is 6.42 Å². The molecule has 0 aliphatic rings. The van der Waals surface area contributed by atoms with E-state index in [0.29, 0.717) is 12.8 Å². The lowest BCUT2D eigenvalue weighted by Crippen LogP contribution is -2.50. The summed E-state index contributed by atoms with van der Waals surface area (Å²) in [5.74, 6) is -0.154. The first kappa shape index (κ1) is 41.1. The highest BCUT2D eigenvalue weighted by Gasteiger charge is 2.26. The third kappa shape index (κ3) is 27.9. The SMILES string of the molecule is CCCCCCCCCC/C=C/CCCC(O)C(O)C(CO)NC(=O)CCCCCCCCCCCCCCCCC. The number of rotatable bonds is 33. The van der Waals surface area contributed by atoms with Crippen LogP contribution in [0.25, 0.3) is 0 Å². The van der Waals surface area contributed by atoms with Gasteiger partial charge in [0.15, 0.2) is 0 Å². The summed E-state index contributed by atoms with van der Waals surface area (Å²) in [7, 11) is 0. The monoisotopic (exact) mass is 596 g/mol. The highest BCUT2D eigenvalue weighted by molar-refractivity contribution is 5.76. The van der Waals surface area contributed by atoms with Crippen molar-refractivity contribution in [3.63, 3.8) is 0 Å². The van der Waals surface area contributed by atoms with Crippen LogP contribution in [0.15, 0.2) is 12.2 Å². The molecule has 250 valence electrons. The van der Waals surface area contributed by atoms with Crippen LogP contribution in [-0.4, -0.2) is 46.1 Å². The van der Waals surface area contributed by atoms with Crippen molar-refractivity contribution in [3.05, 3.63) is 12.2 Å². The van der Waals surface area contributed by atoms with Crippen LogP contribution in [0, 0.1) is 0 Å². The normalized spacial score (nSPS) is 13.9. The summed E-state index contributed by atoms with van der Waals surface area (Å²) in [5.41, 5.74) is 0. The first-order chi connectivity index (χ1) is 20.6. The zero-order valence-electron chi connectivity index (χ0n) is 28.1. The zero-order valence-corrected chi connectivity index (χ0v) is 28.1. The van der Waals surface area contributed by atoms with Crippen LogP contribution in [-0.2, 0) is 4.79 Å². The summed E-state index contributed by atoms with van der Waals surface area (Å²) in [5, 5.41) is 33.3. The maximum atomic E-state index is 12.3.